The predicted octanol–water partition coefficient (Wildman–Crippen LogP) is 1.17. The van der Waals surface area contributed by atoms with Gasteiger partial charge >= 0.3 is 0 Å². The third kappa shape index (κ3) is 1.76. The molecular formula is C8H6N4O2S3. The topological polar surface area (TPSA) is 90.4 Å². The van der Waals surface area contributed by atoms with E-state index >= 15 is 0 Å². The Hall–Kier alpha value is -1.29. The molecule has 9 heteroatoms. The number of primary sulfonamides is 1. The fraction of sp³-hybridized carbons (Fsp3) is 0. The monoisotopic (exact) mass is 286 g/mol. The van der Waals surface area contributed by atoms with Crippen molar-refractivity contribution < 1.29 is 8.42 Å². The molecule has 0 saturated carbocycles. The van der Waals surface area contributed by atoms with E-state index in [9.17, 15) is 8.42 Å². The molecule has 0 atom stereocenters. The van der Waals surface area contributed by atoms with Crippen molar-refractivity contribution in [1.29, 1.82) is 0 Å². The lowest BCUT2D eigenvalue weighted by Crippen LogP contribution is -2.12. The highest BCUT2D eigenvalue weighted by Crippen LogP contribution is 2.27. The molecule has 0 aliphatic heterocycles. The van der Waals surface area contributed by atoms with Gasteiger partial charge in [-0.3, -0.25) is 0 Å². The van der Waals surface area contributed by atoms with E-state index in [0.717, 1.165) is 21.9 Å². The minimum Gasteiger partial charge on any atom is -0.225 e. The van der Waals surface area contributed by atoms with Gasteiger partial charge in [0.15, 0.2) is 0 Å². The molecule has 88 valence electrons. The van der Waals surface area contributed by atoms with Crippen molar-refractivity contribution in [3.63, 3.8) is 0 Å². The first-order valence-electron chi connectivity index (χ1n) is 4.47. The highest BCUT2D eigenvalue weighted by Gasteiger charge is 2.18. The van der Waals surface area contributed by atoms with Crippen LogP contribution >= 0.6 is 22.7 Å². The number of nitrogens with zero attached hydrogens (tertiary/aromatic N) is 3. The highest BCUT2D eigenvalue weighted by atomic mass is 32.2. The Morgan fingerprint density at radius 3 is 2.88 bits per heavy atom. The van der Waals surface area contributed by atoms with Crippen LogP contribution < -0.4 is 5.14 Å². The van der Waals surface area contributed by atoms with Crippen LogP contribution in [0.1, 0.15) is 0 Å². The van der Waals surface area contributed by atoms with Crippen molar-refractivity contribution in [3.05, 3.63) is 23.7 Å². The lowest BCUT2D eigenvalue weighted by atomic mass is 10.4. The Kier molecular flexibility index (Phi) is 2.30. The van der Waals surface area contributed by atoms with E-state index in [4.69, 9.17) is 5.14 Å². The first kappa shape index (κ1) is 10.8. The first-order valence-corrected chi connectivity index (χ1v) is 7.71. The third-order valence-corrected chi connectivity index (χ3v) is 5.21. The highest BCUT2D eigenvalue weighted by molar-refractivity contribution is 7.91. The molecule has 0 spiro atoms. The largest absolute Gasteiger partial charge is 0.267 e. The van der Waals surface area contributed by atoms with Crippen LogP contribution in [-0.4, -0.2) is 23.0 Å². The average molecular weight is 286 g/mol. The second-order valence-corrected chi connectivity index (χ2v) is 6.87. The molecule has 0 radical (unpaired) electrons. The first-order chi connectivity index (χ1) is 8.05. The lowest BCUT2D eigenvalue weighted by Gasteiger charge is -1.92. The van der Waals surface area contributed by atoms with Crippen LogP contribution in [0.5, 0.6) is 0 Å². The number of sulfonamides is 1. The summed E-state index contributed by atoms with van der Waals surface area (Å²) in [5, 5.41) is 10.9. The van der Waals surface area contributed by atoms with Gasteiger partial charge in [0.1, 0.15) is 5.69 Å². The Labute approximate surface area is 104 Å². The maximum Gasteiger partial charge on any atom is 0.267 e. The van der Waals surface area contributed by atoms with E-state index in [1.54, 1.807) is 6.20 Å². The Morgan fingerprint density at radius 1 is 1.41 bits per heavy atom. The molecular weight excluding hydrogens is 280 g/mol. The van der Waals surface area contributed by atoms with Crippen LogP contribution in [0.15, 0.2) is 28.0 Å². The Morgan fingerprint density at radius 2 is 2.24 bits per heavy atom. The number of hydrogen-bond donors (Lipinski definition) is 1. The molecule has 3 rings (SSSR count). The number of fused-ring (bicyclic) bond motifs is 1. The van der Waals surface area contributed by atoms with Crippen LogP contribution in [0.2, 0.25) is 0 Å². The fourth-order valence-electron chi connectivity index (χ4n) is 1.38. The normalized spacial score (nSPS) is 12.3. The van der Waals surface area contributed by atoms with Gasteiger partial charge in [0, 0.05) is 0 Å². The molecule has 0 amide bonds. The average Bonchev–Trinajstić information content (AvgIpc) is 2.91. The zero-order chi connectivity index (χ0) is 12.0. The van der Waals surface area contributed by atoms with E-state index in [0.29, 0.717) is 4.96 Å². The van der Waals surface area contributed by atoms with Crippen molar-refractivity contribution >= 4 is 37.7 Å². The summed E-state index contributed by atoms with van der Waals surface area (Å²) in [5.74, 6) is 0. The predicted molar refractivity (Wildman–Crippen MR) is 65.6 cm³/mol. The molecule has 0 fully saturated rings. The molecule has 3 aromatic heterocycles. The summed E-state index contributed by atoms with van der Waals surface area (Å²) >= 11 is 2.49. The third-order valence-electron chi connectivity index (χ3n) is 2.08. The summed E-state index contributed by atoms with van der Waals surface area (Å²) in [6.07, 6.45) is 1.66. The summed E-state index contributed by atoms with van der Waals surface area (Å²) in [6.45, 7) is 0. The second-order valence-electron chi connectivity index (χ2n) is 3.23. The quantitative estimate of drug-likeness (QED) is 0.765. The summed E-state index contributed by atoms with van der Waals surface area (Å²) in [6, 6.07) is 3.83. The number of thiophene rings is 1. The maximum absolute atomic E-state index is 11.2. The van der Waals surface area contributed by atoms with Crippen LogP contribution in [0, 0.1) is 0 Å². The van der Waals surface area contributed by atoms with Crippen molar-refractivity contribution in [2.75, 3.05) is 0 Å². The van der Waals surface area contributed by atoms with E-state index in [-0.39, 0.29) is 4.34 Å². The summed E-state index contributed by atoms with van der Waals surface area (Å²) < 4.78 is 23.7. The molecule has 0 saturated heterocycles. The molecule has 0 aliphatic rings. The number of hydrogen-bond acceptors (Lipinski definition) is 6. The minimum atomic E-state index is -3.77. The fourth-order valence-corrected chi connectivity index (χ4v) is 3.60. The van der Waals surface area contributed by atoms with Crippen molar-refractivity contribution in [3.8, 4) is 10.6 Å². The molecule has 0 aromatic carbocycles. The summed E-state index contributed by atoms with van der Waals surface area (Å²) in [5.41, 5.74) is 0.765. The van der Waals surface area contributed by atoms with E-state index in [1.807, 2.05) is 17.5 Å². The van der Waals surface area contributed by atoms with Gasteiger partial charge in [0.2, 0.25) is 9.30 Å². The molecule has 17 heavy (non-hydrogen) atoms. The van der Waals surface area contributed by atoms with Crippen LogP contribution in [0.3, 0.4) is 0 Å². The van der Waals surface area contributed by atoms with Crippen molar-refractivity contribution in [2.45, 2.75) is 4.34 Å². The Balaban J connectivity index is 2.26. The van der Waals surface area contributed by atoms with Crippen molar-refractivity contribution in [1.82, 2.24) is 14.6 Å². The molecule has 0 aliphatic carbocycles. The van der Waals surface area contributed by atoms with Gasteiger partial charge in [-0.1, -0.05) is 17.4 Å². The molecule has 0 bridgehead atoms. The zero-order valence-electron chi connectivity index (χ0n) is 8.27. The van der Waals surface area contributed by atoms with Gasteiger partial charge in [-0.2, -0.15) is 0 Å². The number of aromatic nitrogens is 3. The Bertz CT molecular complexity index is 769. The van der Waals surface area contributed by atoms with Crippen molar-refractivity contribution in [2.24, 2.45) is 5.14 Å². The number of rotatable bonds is 2. The van der Waals surface area contributed by atoms with Crippen LogP contribution in [0.25, 0.3) is 15.5 Å². The van der Waals surface area contributed by atoms with Gasteiger partial charge in [-0.25, -0.2) is 23.1 Å². The van der Waals surface area contributed by atoms with E-state index in [1.165, 1.54) is 15.9 Å². The molecule has 6 nitrogen and oxygen atoms in total. The van der Waals surface area contributed by atoms with E-state index < -0.39 is 10.0 Å². The lowest BCUT2D eigenvalue weighted by molar-refractivity contribution is 0.595. The zero-order valence-corrected chi connectivity index (χ0v) is 10.7. The van der Waals surface area contributed by atoms with Gasteiger partial charge in [0.25, 0.3) is 10.0 Å². The van der Waals surface area contributed by atoms with Gasteiger partial charge < -0.3 is 0 Å². The molecule has 0 unspecified atom stereocenters. The molecule has 3 aromatic rings. The van der Waals surface area contributed by atoms with Gasteiger partial charge in [-0.05, 0) is 11.4 Å². The minimum absolute atomic E-state index is 0.126. The number of imidazole rings is 1. The van der Waals surface area contributed by atoms with Crippen LogP contribution in [0.4, 0.5) is 0 Å². The van der Waals surface area contributed by atoms with Gasteiger partial charge in [-0.15, -0.1) is 16.4 Å². The van der Waals surface area contributed by atoms with E-state index in [2.05, 4.69) is 10.1 Å². The molecule has 2 N–H and O–H groups in total. The van der Waals surface area contributed by atoms with Crippen LogP contribution in [-0.2, 0) is 10.0 Å². The van der Waals surface area contributed by atoms with Gasteiger partial charge in [0.05, 0.1) is 11.1 Å². The summed E-state index contributed by atoms with van der Waals surface area (Å²) in [4.78, 5) is 5.60. The second kappa shape index (κ2) is 3.60. The maximum atomic E-state index is 11.2. The number of nitrogens with two attached hydrogens (primary N) is 1. The standard InChI is InChI=1S/C8H6N4O2S3/c9-17(13,14)8-11-12-5(4-10-7(12)16-8)6-2-1-3-15-6/h1-4H,(H2,9,13,14). The SMILES string of the molecule is NS(=O)(=O)c1nn2c(-c3cccs3)cnc2s1. The smallest absolute Gasteiger partial charge is 0.225 e. The molecule has 3 heterocycles. The summed E-state index contributed by atoms with van der Waals surface area (Å²) in [7, 11) is -3.77.